The highest BCUT2D eigenvalue weighted by Gasteiger charge is 2.18. The molecule has 3 rings (SSSR count). The second-order valence-corrected chi connectivity index (χ2v) is 5.65. The van der Waals surface area contributed by atoms with Gasteiger partial charge in [0.1, 0.15) is 0 Å². The van der Waals surface area contributed by atoms with Crippen LogP contribution in [0.2, 0.25) is 0 Å². The maximum atomic E-state index is 12.0. The van der Waals surface area contributed by atoms with Gasteiger partial charge in [-0.15, -0.1) is 5.10 Å². The van der Waals surface area contributed by atoms with Crippen LogP contribution in [-0.4, -0.2) is 35.9 Å². The average Bonchev–Trinajstić information content (AvgIpc) is 3.04. The number of amides is 1. The van der Waals surface area contributed by atoms with E-state index in [4.69, 9.17) is 4.52 Å². The van der Waals surface area contributed by atoms with E-state index in [1.807, 2.05) is 0 Å². The van der Waals surface area contributed by atoms with Gasteiger partial charge in [-0.1, -0.05) is 16.9 Å². The molecule has 0 fully saturated rings. The van der Waals surface area contributed by atoms with Crippen LogP contribution in [0.15, 0.2) is 34.2 Å². The van der Waals surface area contributed by atoms with Crippen LogP contribution in [0.3, 0.4) is 0 Å². The summed E-state index contributed by atoms with van der Waals surface area (Å²) in [5.74, 6) is 0.621. The first-order valence-corrected chi connectivity index (χ1v) is 7.08. The quantitative estimate of drug-likeness (QED) is 0.730. The minimum absolute atomic E-state index is 0.206. The Labute approximate surface area is 123 Å². The first-order chi connectivity index (χ1) is 10.1. The van der Waals surface area contributed by atoms with Gasteiger partial charge in [-0.2, -0.15) is 4.98 Å². The van der Waals surface area contributed by atoms with E-state index in [-0.39, 0.29) is 11.2 Å². The monoisotopic (exact) mass is 304 g/mol. The smallest absolute Gasteiger partial charge is 0.253 e. The molecule has 21 heavy (non-hydrogen) atoms. The van der Waals surface area contributed by atoms with Crippen molar-refractivity contribution in [2.45, 2.75) is 24.3 Å². The molecule has 0 aliphatic carbocycles. The molecule has 1 N–H and O–H groups in total. The topological polar surface area (TPSA) is 98.2 Å². The Balaban J connectivity index is 1.67. The second-order valence-electron chi connectivity index (χ2n) is 4.34. The zero-order valence-corrected chi connectivity index (χ0v) is 12.2. The molecule has 0 saturated carbocycles. The largest absolute Gasteiger partial charge is 0.338 e. The first kappa shape index (κ1) is 13.6. The number of anilines is 1. The first-order valence-electron chi connectivity index (χ1n) is 6.20. The summed E-state index contributed by atoms with van der Waals surface area (Å²) in [6, 6.07) is 3.42. The highest BCUT2D eigenvalue weighted by molar-refractivity contribution is 8.00. The van der Waals surface area contributed by atoms with E-state index < -0.39 is 0 Å². The van der Waals surface area contributed by atoms with Crippen LogP contribution in [0.1, 0.15) is 12.6 Å². The molecule has 0 aliphatic rings. The van der Waals surface area contributed by atoms with Crippen molar-refractivity contribution in [3.05, 3.63) is 30.2 Å². The molecule has 9 heteroatoms. The van der Waals surface area contributed by atoms with Crippen LogP contribution in [0.25, 0.3) is 5.78 Å². The van der Waals surface area contributed by atoms with E-state index in [1.165, 1.54) is 11.8 Å². The number of nitrogens with zero attached hydrogens (tertiary/aromatic N) is 5. The number of fused-ring (bicyclic) bond motifs is 1. The summed E-state index contributed by atoms with van der Waals surface area (Å²) in [5.41, 5.74) is 0.707. The predicted molar refractivity (Wildman–Crippen MR) is 76.0 cm³/mol. The molecule has 3 aromatic heterocycles. The average molecular weight is 304 g/mol. The fraction of sp³-hybridized carbons (Fsp3) is 0.250. The van der Waals surface area contributed by atoms with E-state index in [0.29, 0.717) is 22.5 Å². The summed E-state index contributed by atoms with van der Waals surface area (Å²) < 4.78 is 6.51. The highest BCUT2D eigenvalue weighted by atomic mass is 32.2. The van der Waals surface area contributed by atoms with E-state index >= 15 is 0 Å². The molecule has 3 heterocycles. The molecule has 3 aromatic rings. The van der Waals surface area contributed by atoms with Gasteiger partial charge in [0.05, 0.1) is 10.9 Å². The minimum Gasteiger partial charge on any atom is -0.338 e. The van der Waals surface area contributed by atoms with E-state index in [0.717, 1.165) is 0 Å². The number of thioether (sulfide) groups is 1. The molecular weight excluding hydrogens is 292 g/mol. The van der Waals surface area contributed by atoms with Gasteiger partial charge in [0.25, 0.3) is 5.78 Å². The summed E-state index contributed by atoms with van der Waals surface area (Å²) in [6.07, 6.45) is 3.39. The van der Waals surface area contributed by atoms with Gasteiger partial charge in [0.2, 0.25) is 16.9 Å². The molecule has 108 valence electrons. The Morgan fingerprint density at radius 3 is 3.10 bits per heavy atom. The number of carbonyl (C=O) groups excluding carboxylic acids is 1. The number of rotatable bonds is 4. The standard InChI is InChI=1S/C12H12N6O2S/c1-7-6-9(20-17-7)14-10(19)8(2)21-12-15-11-13-4-3-5-18(11)16-12/h3-6,8H,1-2H3,(H,14,19)/t8-/m0/s1. The number of nitrogens with one attached hydrogen (secondary N) is 1. The van der Waals surface area contributed by atoms with Crippen LogP contribution in [0.5, 0.6) is 0 Å². The molecule has 0 saturated heterocycles. The third-order valence-corrected chi connectivity index (χ3v) is 3.57. The van der Waals surface area contributed by atoms with Crippen LogP contribution in [0.4, 0.5) is 5.88 Å². The number of hydrogen-bond donors (Lipinski definition) is 1. The summed E-state index contributed by atoms with van der Waals surface area (Å²) >= 11 is 1.25. The third-order valence-electron chi connectivity index (χ3n) is 2.62. The van der Waals surface area contributed by atoms with E-state index in [1.54, 1.807) is 42.9 Å². The van der Waals surface area contributed by atoms with Gasteiger partial charge in [-0.25, -0.2) is 9.50 Å². The van der Waals surface area contributed by atoms with Crippen molar-refractivity contribution in [2.24, 2.45) is 0 Å². The lowest BCUT2D eigenvalue weighted by molar-refractivity contribution is -0.115. The Morgan fingerprint density at radius 2 is 2.38 bits per heavy atom. The summed E-state index contributed by atoms with van der Waals surface area (Å²) in [6.45, 7) is 3.55. The van der Waals surface area contributed by atoms with Crippen molar-refractivity contribution >= 4 is 29.3 Å². The zero-order chi connectivity index (χ0) is 14.8. The lowest BCUT2D eigenvalue weighted by atomic mass is 10.4. The van der Waals surface area contributed by atoms with Crippen LogP contribution >= 0.6 is 11.8 Å². The lowest BCUT2D eigenvalue weighted by Gasteiger charge is -2.06. The molecule has 0 aliphatic heterocycles. The van der Waals surface area contributed by atoms with Gasteiger partial charge in [0, 0.05) is 18.5 Å². The van der Waals surface area contributed by atoms with Crippen molar-refractivity contribution in [1.82, 2.24) is 24.7 Å². The Kier molecular flexibility index (Phi) is 3.57. The molecule has 8 nitrogen and oxygen atoms in total. The maximum absolute atomic E-state index is 12.0. The van der Waals surface area contributed by atoms with Gasteiger partial charge < -0.3 is 4.52 Å². The Morgan fingerprint density at radius 1 is 1.52 bits per heavy atom. The summed E-state index contributed by atoms with van der Waals surface area (Å²) in [5, 5.41) is 10.7. The molecule has 0 radical (unpaired) electrons. The van der Waals surface area contributed by atoms with Gasteiger partial charge >= 0.3 is 0 Å². The summed E-state index contributed by atoms with van der Waals surface area (Å²) in [7, 11) is 0. The molecular formula is C12H12N6O2S. The normalized spacial score (nSPS) is 12.5. The molecule has 1 atom stereocenters. The molecule has 0 unspecified atom stereocenters. The third kappa shape index (κ3) is 3.02. The fourth-order valence-electron chi connectivity index (χ4n) is 1.62. The summed E-state index contributed by atoms with van der Waals surface area (Å²) in [4.78, 5) is 20.4. The van der Waals surface area contributed by atoms with E-state index in [2.05, 4.69) is 25.5 Å². The van der Waals surface area contributed by atoms with Crippen molar-refractivity contribution in [3.63, 3.8) is 0 Å². The van der Waals surface area contributed by atoms with Crippen molar-refractivity contribution in [1.29, 1.82) is 0 Å². The van der Waals surface area contributed by atoms with Gasteiger partial charge in [-0.3, -0.25) is 10.1 Å². The number of aromatic nitrogens is 5. The van der Waals surface area contributed by atoms with E-state index in [9.17, 15) is 4.79 Å². The SMILES string of the molecule is Cc1cc(NC(=O)[C@H](C)Sc2nc3ncccn3n2)on1. The highest BCUT2D eigenvalue weighted by Crippen LogP contribution is 2.21. The Bertz CT molecular complexity index is 750. The van der Waals surface area contributed by atoms with Crippen molar-refractivity contribution in [3.8, 4) is 0 Å². The lowest BCUT2D eigenvalue weighted by Crippen LogP contribution is -2.22. The van der Waals surface area contributed by atoms with Crippen LogP contribution in [-0.2, 0) is 4.79 Å². The fourth-order valence-corrected chi connectivity index (χ4v) is 2.37. The number of carbonyl (C=O) groups is 1. The maximum Gasteiger partial charge on any atom is 0.253 e. The Hall–Kier alpha value is -2.42. The molecule has 0 spiro atoms. The van der Waals surface area contributed by atoms with Crippen molar-refractivity contribution < 1.29 is 9.32 Å². The van der Waals surface area contributed by atoms with Crippen molar-refractivity contribution in [2.75, 3.05) is 5.32 Å². The van der Waals surface area contributed by atoms with Gasteiger partial charge in [0.15, 0.2) is 0 Å². The molecule has 0 bridgehead atoms. The van der Waals surface area contributed by atoms with Gasteiger partial charge in [-0.05, 0) is 19.9 Å². The van der Waals surface area contributed by atoms with Crippen LogP contribution in [0, 0.1) is 6.92 Å². The number of aryl methyl sites for hydroxylation is 1. The minimum atomic E-state index is -0.382. The number of hydrogen-bond acceptors (Lipinski definition) is 7. The molecule has 0 aromatic carbocycles. The zero-order valence-electron chi connectivity index (χ0n) is 11.3. The molecule has 1 amide bonds. The second kappa shape index (κ2) is 5.52. The van der Waals surface area contributed by atoms with Crippen LogP contribution < -0.4 is 5.32 Å². The predicted octanol–water partition coefficient (Wildman–Crippen LogP) is 1.54.